The molecule has 0 spiro atoms. The zero-order valence-electron chi connectivity index (χ0n) is 12.2. The lowest BCUT2D eigenvalue weighted by atomic mass is 9.94. The largest absolute Gasteiger partial charge is 0.495 e. The molecule has 0 radical (unpaired) electrons. The standard InChI is InChI=1S/C14H22N2O3S/c1-10-6-11(2)9-16(8-10)20(17,18)14-7-12(15)4-5-13(14)19-3/h4-5,7,10-11H,6,8-9,15H2,1-3H3. The van der Waals surface area contributed by atoms with E-state index in [1.165, 1.54) is 13.2 Å². The fourth-order valence-electron chi connectivity index (χ4n) is 2.84. The van der Waals surface area contributed by atoms with Crippen molar-refractivity contribution in [1.82, 2.24) is 4.31 Å². The van der Waals surface area contributed by atoms with Gasteiger partial charge in [-0.05, 0) is 36.5 Å². The number of ether oxygens (including phenoxy) is 1. The van der Waals surface area contributed by atoms with E-state index in [4.69, 9.17) is 10.5 Å². The molecule has 0 bridgehead atoms. The molecule has 2 N–H and O–H groups in total. The fraction of sp³-hybridized carbons (Fsp3) is 0.571. The summed E-state index contributed by atoms with van der Waals surface area (Å²) in [5.41, 5.74) is 6.14. The first-order chi connectivity index (χ1) is 9.34. The maximum Gasteiger partial charge on any atom is 0.246 e. The highest BCUT2D eigenvalue weighted by Gasteiger charge is 2.33. The van der Waals surface area contributed by atoms with E-state index >= 15 is 0 Å². The molecule has 6 heteroatoms. The summed E-state index contributed by atoms with van der Waals surface area (Å²) in [6.45, 7) is 5.25. The summed E-state index contributed by atoms with van der Waals surface area (Å²) in [4.78, 5) is 0.154. The molecular weight excluding hydrogens is 276 g/mol. The molecule has 0 aromatic heterocycles. The number of piperidine rings is 1. The van der Waals surface area contributed by atoms with Gasteiger partial charge in [-0.25, -0.2) is 8.42 Å². The van der Waals surface area contributed by atoms with Gasteiger partial charge in [0, 0.05) is 18.8 Å². The number of nitrogens with two attached hydrogens (primary N) is 1. The van der Waals surface area contributed by atoms with Crippen LogP contribution in [0, 0.1) is 11.8 Å². The van der Waals surface area contributed by atoms with Crippen LogP contribution in [0.2, 0.25) is 0 Å². The zero-order chi connectivity index (χ0) is 14.9. The van der Waals surface area contributed by atoms with Crippen molar-refractivity contribution in [3.63, 3.8) is 0 Å². The summed E-state index contributed by atoms with van der Waals surface area (Å²) in [7, 11) is -2.10. The van der Waals surface area contributed by atoms with Gasteiger partial charge in [0.2, 0.25) is 10.0 Å². The number of rotatable bonds is 3. The maximum atomic E-state index is 12.8. The Labute approximate surface area is 120 Å². The third kappa shape index (κ3) is 2.91. The molecule has 2 atom stereocenters. The van der Waals surface area contributed by atoms with E-state index < -0.39 is 10.0 Å². The Morgan fingerprint density at radius 2 is 1.85 bits per heavy atom. The fourth-order valence-corrected chi connectivity index (χ4v) is 4.71. The van der Waals surface area contributed by atoms with Gasteiger partial charge in [-0.2, -0.15) is 4.31 Å². The predicted octanol–water partition coefficient (Wildman–Crippen LogP) is 1.94. The lowest BCUT2D eigenvalue weighted by Crippen LogP contribution is -2.42. The lowest BCUT2D eigenvalue weighted by Gasteiger charge is -2.34. The van der Waals surface area contributed by atoms with Crippen LogP contribution in [0.25, 0.3) is 0 Å². The quantitative estimate of drug-likeness (QED) is 0.866. The third-order valence-corrected chi connectivity index (χ3v) is 5.49. The van der Waals surface area contributed by atoms with Crippen molar-refractivity contribution >= 4 is 15.7 Å². The van der Waals surface area contributed by atoms with Crippen LogP contribution in [0.3, 0.4) is 0 Å². The number of hydrogen-bond donors (Lipinski definition) is 1. The van der Waals surface area contributed by atoms with Gasteiger partial charge in [0.05, 0.1) is 7.11 Å². The van der Waals surface area contributed by atoms with Crippen LogP contribution in [0.4, 0.5) is 5.69 Å². The summed E-state index contributed by atoms with van der Waals surface area (Å²) in [5.74, 6) is 1.06. The highest BCUT2D eigenvalue weighted by Crippen LogP contribution is 2.32. The average molecular weight is 298 g/mol. The van der Waals surface area contributed by atoms with Gasteiger partial charge in [0.15, 0.2) is 0 Å². The SMILES string of the molecule is COc1ccc(N)cc1S(=O)(=O)N1CC(C)CC(C)C1. The molecular formula is C14H22N2O3S. The molecule has 2 rings (SSSR count). The summed E-state index contributed by atoms with van der Waals surface area (Å²) in [6.07, 6.45) is 1.06. The summed E-state index contributed by atoms with van der Waals surface area (Å²) in [5, 5.41) is 0. The van der Waals surface area contributed by atoms with E-state index in [0.717, 1.165) is 6.42 Å². The van der Waals surface area contributed by atoms with E-state index in [0.29, 0.717) is 36.4 Å². The Hall–Kier alpha value is -1.27. The topological polar surface area (TPSA) is 72.6 Å². The highest BCUT2D eigenvalue weighted by molar-refractivity contribution is 7.89. The van der Waals surface area contributed by atoms with Crippen LogP contribution in [-0.4, -0.2) is 32.9 Å². The summed E-state index contributed by atoms with van der Waals surface area (Å²) < 4.78 is 32.3. The molecule has 0 aliphatic carbocycles. The molecule has 20 heavy (non-hydrogen) atoms. The molecule has 0 amide bonds. The molecule has 1 aromatic carbocycles. The van der Waals surface area contributed by atoms with E-state index in [-0.39, 0.29) is 4.90 Å². The second-order valence-electron chi connectivity index (χ2n) is 5.68. The molecule has 1 aromatic rings. The smallest absolute Gasteiger partial charge is 0.246 e. The van der Waals surface area contributed by atoms with Crippen molar-refractivity contribution < 1.29 is 13.2 Å². The number of benzene rings is 1. The molecule has 2 unspecified atom stereocenters. The third-order valence-electron chi connectivity index (χ3n) is 3.64. The van der Waals surface area contributed by atoms with Crippen molar-refractivity contribution in [2.24, 2.45) is 11.8 Å². The normalized spacial score (nSPS) is 24.6. The average Bonchev–Trinajstić information content (AvgIpc) is 2.37. The van der Waals surface area contributed by atoms with Crippen molar-refractivity contribution in [1.29, 1.82) is 0 Å². The molecule has 1 aliphatic rings. The van der Waals surface area contributed by atoms with Crippen LogP contribution >= 0.6 is 0 Å². The minimum absolute atomic E-state index is 0.154. The first-order valence-corrected chi connectivity index (χ1v) is 8.22. The molecule has 112 valence electrons. The van der Waals surface area contributed by atoms with Crippen LogP contribution < -0.4 is 10.5 Å². The molecule has 1 saturated heterocycles. The van der Waals surface area contributed by atoms with Crippen molar-refractivity contribution in [2.75, 3.05) is 25.9 Å². The van der Waals surface area contributed by atoms with Gasteiger partial charge in [0.25, 0.3) is 0 Å². The van der Waals surface area contributed by atoms with Crippen LogP contribution in [0.5, 0.6) is 5.75 Å². The maximum absolute atomic E-state index is 12.8. The van der Waals surface area contributed by atoms with Crippen LogP contribution in [0.1, 0.15) is 20.3 Å². The second kappa shape index (κ2) is 5.61. The van der Waals surface area contributed by atoms with Gasteiger partial charge in [-0.15, -0.1) is 0 Å². The molecule has 0 saturated carbocycles. The lowest BCUT2D eigenvalue weighted by molar-refractivity contribution is 0.222. The molecule has 1 aliphatic heterocycles. The van der Waals surface area contributed by atoms with Gasteiger partial charge in [0.1, 0.15) is 10.6 Å². The predicted molar refractivity (Wildman–Crippen MR) is 79.1 cm³/mol. The van der Waals surface area contributed by atoms with Crippen molar-refractivity contribution in [3.05, 3.63) is 18.2 Å². The molecule has 5 nitrogen and oxygen atoms in total. The van der Waals surface area contributed by atoms with E-state index in [1.807, 2.05) is 0 Å². The van der Waals surface area contributed by atoms with Gasteiger partial charge < -0.3 is 10.5 Å². The van der Waals surface area contributed by atoms with Crippen molar-refractivity contribution in [3.8, 4) is 5.75 Å². The number of anilines is 1. The van der Waals surface area contributed by atoms with Crippen LogP contribution in [0.15, 0.2) is 23.1 Å². The molecule has 1 heterocycles. The summed E-state index contributed by atoms with van der Waals surface area (Å²) in [6, 6.07) is 4.70. The Bertz CT molecular complexity index is 576. The van der Waals surface area contributed by atoms with E-state index in [9.17, 15) is 8.42 Å². The number of nitrogens with zero attached hydrogens (tertiary/aromatic N) is 1. The Morgan fingerprint density at radius 3 is 2.40 bits per heavy atom. The van der Waals surface area contributed by atoms with Crippen LogP contribution in [-0.2, 0) is 10.0 Å². The Balaban J connectivity index is 2.42. The highest BCUT2D eigenvalue weighted by atomic mass is 32.2. The molecule has 1 fully saturated rings. The van der Waals surface area contributed by atoms with Gasteiger partial charge in [-0.3, -0.25) is 0 Å². The Morgan fingerprint density at radius 1 is 1.25 bits per heavy atom. The minimum Gasteiger partial charge on any atom is -0.495 e. The minimum atomic E-state index is -3.56. The second-order valence-corrected chi connectivity index (χ2v) is 7.58. The van der Waals surface area contributed by atoms with Crippen molar-refractivity contribution in [2.45, 2.75) is 25.2 Å². The summed E-state index contributed by atoms with van der Waals surface area (Å²) >= 11 is 0. The van der Waals surface area contributed by atoms with Gasteiger partial charge >= 0.3 is 0 Å². The number of sulfonamides is 1. The monoisotopic (exact) mass is 298 g/mol. The van der Waals surface area contributed by atoms with E-state index in [1.54, 1.807) is 16.4 Å². The zero-order valence-corrected chi connectivity index (χ0v) is 13.0. The van der Waals surface area contributed by atoms with E-state index in [2.05, 4.69) is 13.8 Å². The number of methoxy groups -OCH3 is 1. The first-order valence-electron chi connectivity index (χ1n) is 6.78. The van der Waals surface area contributed by atoms with Gasteiger partial charge in [-0.1, -0.05) is 13.8 Å². The first kappa shape index (κ1) is 15.1. The Kier molecular flexibility index (Phi) is 4.25. The number of nitrogen functional groups attached to an aromatic ring is 1. The number of hydrogen-bond acceptors (Lipinski definition) is 4.